The molecule has 176 valence electrons. The molecule has 0 aliphatic heterocycles. The van der Waals surface area contributed by atoms with Crippen molar-refractivity contribution in [2.24, 2.45) is 0 Å². The Morgan fingerprint density at radius 2 is 1.58 bits per heavy atom. The van der Waals surface area contributed by atoms with E-state index in [0.29, 0.717) is 12.3 Å². The summed E-state index contributed by atoms with van der Waals surface area (Å²) in [6.07, 6.45) is 5.76. The highest BCUT2D eigenvalue weighted by Gasteiger charge is 2.19. The third-order valence-corrected chi connectivity index (χ3v) is 7.05. The molecule has 4 heterocycles. The van der Waals surface area contributed by atoms with E-state index in [1.165, 1.54) is 11.1 Å². The zero-order valence-corrected chi connectivity index (χ0v) is 20.6. The largest absolute Gasteiger partial charge is 0.302 e. The summed E-state index contributed by atoms with van der Waals surface area (Å²) in [4.78, 5) is 9.27. The highest BCUT2D eigenvalue weighted by atomic mass is 32.2. The van der Waals surface area contributed by atoms with Crippen LogP contribution >= 0.6 is 11.8 Å². The van der Waals surface area contributed by atoms with E-state index in [2.05, 4.69) is 97.9 Å². The fourth-order valence-corrected chi connectivity index (χ4v) is 5.26. The molecule has 6 aromatic rings. The van der Waals surface area contributed by atoms with Gasteiger partial charge < -0.3 is 4.40 Å². The molecule has 0 aliphatic carbocycles. The topological polar surface area (TPSA) is 60.9 Å². The number of benzene rings is 2. The molecule has 6 rings (SSSR count). The number of rotatable bonds is 7. The quantitative estimate of drug-likeness (QED) is 0.247. The number of hydrogen-bond acceptors (Lipinski definition) is 5. The first-order valence-electron chi connectivity index (χ1n) is 11.8. The molecule has 0 spiro atoms. The van der Waals surface area contributed by atoms with Crippen LogP contribution in [0.3, 0.4) is 0 Å². The van der Waals surface area contributed by atoms with Gasteiger partial charge in [0.25, 0.3) is 0 Å². The fourth-order valence-electron chi connectivity index (χ4n) is 4.31. The number of thioether (sulfide) groups is 1. The molecule has 0 bridgehead atoms. The van der Waals surface area contributed by atoms with Gasteiger partial charge in [-0.05, 0) is 36.2 Å². The van der Waals surface area contributed by atoms with Crippen LogP contribution in [0.4, 0.5) is 0 Å². The summed E-state index contributed by atoms with van der Waals surface area (Å²) >= 11 is 1.68. The van der Waals surface area contributed by atoms with E-state index in [-0.39, 0.29) is 0 Å². The van der Waals surface area contributed by atoms with Crippen LogP contribution in [-0.4, -0.2) is 29.1 Å². The van der Waals surface area contributed by atoms with Gasteiger partial charge >= 0.3 is 0 Å². The second-order valence-electron chi connectivity index (χ2n) is 8.62. The molecular formula is C29H24N6S. The van der Waals surface area contributed by atoms with Gasteiger partial charge in [-0.1, -0.05) is 78.5 Å². The van der Waals surface area contributed by atoms with Gasteiger partial charge in [0.05, 0.1) is 17.9 Å². The van der Waals surface area contributed by atoms with Crippen LogP contribution in [0.1, 0.15) is 16.8 Å². The maximum absolute atomic E-state index is 4.98. The molecule has 7 heteroatoms. The predicted octanol–water partition coefficient (Wildman–Crippen LogP) is 6.30. The van der Waals surface area contributed by atoms with Gasteiger partial charge in [0.1, 0.15) is 5.65 Å². The summed E-state index contributed by atoms with van der Waals surface area (Å²) < 4.78 is 4.37. The van der Waals surface area contributed by atoms with Crippen LogP contribution in [-0.2, 0) is 12.3 Å². The average Bonchev–Trinajstić information content (AvgIpc) is 3.49. The van der Waals surface area contributed by atoms with Gasteiger partial charge in [0, 0.05) is 35.5 Å². The van der Waals surface area contributed by atoms with Crippen molar-refractivity contribution in [2.75, 3.05) is 0 Å². The van der Waals surface area contributed by atoms with Crippen LogP contribution in [0, 0.1) is 6.92 Å². The van der Waals surface area contributed by atoms with Crippen LogP contribution in [0.15, 0.2) is 109 Å². The maximum Gasteiger partial charge on any atom is 0.192 e. The van der Waals surface area contributed by atoms with Crippen molar-refractivity contribution in [1.82, 2.24) is 29.1 Å². The molecule has 0 radical (unpaired) electrons. The summed E-state index contributed by atoms with van der Waals surface area (Å²) in [5.74, 6) is 1.51. The maximum atomic E-state index is 4.98. The minimum Gasteiger partial charge on any atom is -0.302 e. The first kappa shape index (κ1) is 22.2. The van der Waals surface area contributed by atoms with E-state index in [1.807, 2.05) is 30.5 Å². The third kappa shape index (κ3) is 4.41. The van der Waals surface area contributed by atoms with Crippen molar-refractivity contribution in [3.05, 3.63) is 120 Å². The second kappa shape index (κ2) is 9.79. The number of imidazole rings is 1. The predicted molar refractivity (Wildman–Crippen MR) is 144 cm³/mol. The minimum atomic E-state index is 0.679. The molecule has 0 amide bonds. The Bertz CT molecular complexity index is 1610. The normalized spacial score (nSPS) is 11.2. The van der Waals surface area contributed by atoms with Crippen LogP contribution in [0.25, 0.3) is 28.3 Å². The molecular weight excluding hydrogens is 464 g/mol. The second-order valence-corrected chi connectivity index (χ2v) is 9.56. The number of hydrogen-bond donors (Lipinski definition) is 0. The standard InChI is InChI=1S/C29H24N6S/c1-21-14-15-26-31-27(23-11-6-3-7-12-23)25(34(26)18-21)20-36-29-33-32-28(24-13-8-16-30-17-24)35(29)19-22-9-4-2-5-10-22/h2-18H,19-20H2,1H3. The molecule has 0 saturated heterocycles. The SMILES string of the molecule is Cc1ccc2nc(-c3ccccc3)c(CSc3nnc(-c4cccnc4)n3Cc3ccccc3)n2c1. The van der Waals surface area contributed by atoms with Crippen LogP contribution < -0.4 is 0 Å². The summed E-state index contributed by atoms with van der Waals surface area (Å²) in [6.45, 7) is 2.79. The number of pyridine rings is 2. The summed E-state index contributed by atoms with van der Waals surface area (Å²) in [5, 5.41) is 10.0. The molecule has 36 heavy (non-hydrogen) atoms. The lowest BCUT2D eigenvalue weighted by Gasteiger charge is -2.11. The molecule has 0 saturated carbocycles. The molecule has 0 N–H and O–H groups in total. The van der Waals surface area contributed by atoms with Gasteiger partial charge in [-0.15, -0.1) is 10.2 Å². The van der Waals surface area contributed by atoms with Crippen LogP contribution in [0.2, 0.25) is 0 Å². The lowest BCUT2D eigenvalue weighted by molar-refractivity contribution is 0.714. The third-order valence-electron chi connectivity index (χ3n) is 6.07. The first-order chi connectivity index (χ1) is 17.8. The smallest absolute Gasteiger partial charge is 0.192 e. The van der Waals surface area contributed by atoms with E-state index in [1.54, 1.807) is 18.0 Å². The number of fused-ring (bicyclic) bond motifs is 1. The fraction of sp³-hybridized carbons (Fsp3) is 0.103. The Kier molecular flexibility index (Phi) is 6.05. The van der Waals surface area contributed by atoms with Crippen molar-refractivity contribution < 1.29 is 0 Å². The summed E-state index contributed by atoms with van der Waals surface area (Å²) in [5.41, 5.74) is 7.52. The highest BCUT2D eigenvalue weighted by molar-refractivity contribution is 7.98. The molecule has 6 nitrogen and oxygen atoms in total. The summed E-state index contributed by atoms with van der Waals surface area (Å²) in [6, 6.07) is 28.9. The minimum absolute atomic E-state index is 0.679. The van der Waals surface area contributed by atoms with Gasteiger partial charge in [-0.3, -0.25) is 9.55 Å². The Morgan fingerprint density at radius 1 is 0.806 bits per heavy atom. The molecule has 0 aliphatic rings. The molecule has 0 atom stereocenters. The Balaban J connectivity index is 1.40. The van der Waals surface area contributed by atoms with Crippen molar-refractivity contribution in [1.29, 1.82) is 0 Å². The van der Waals surface area contributed by atoms with Gasteiger partial charge in [0.2, 0.25) is 0 Å². The van der Waals surface area contributed by atoms with E-state index in [0.717, 1.165) is 39.1 Å². The Hall–Kier alpha value is -4.23. The monoisotopic (exact) mass is 488 g/mol. The lowest BCUT2D eigenvalue weighted by atomic mass is 10.1. The molecule has 0 unspecified atom stereocenters. The van der Waals surface area contributed by atoms with Gasteiger partial charge in [-0.25, -0.2) is 4.98 Å². The molecule has 2 aromatic carbocycles. The number of nitrogens with zero attached hydrogens (tertiary/aromatic N) is 6. The Morgan fingerprint density at radius 3 is 2.36 bits per heavy atom. The van der Waals surface area contributed by atoms with Crippen molar-refractivity contribution in [2.45, 2.75) is 24.4 Å². The van der Waals surface area contributed by atoms with Crippen LogP contribution in [0.5, 0.6) is 0 Å². The number of aryl methyl sites for hydroxylation is 1. The van der Waals surface area contributed by atoms with Gasteiger partial charge in [0.15, 0.2) is 11.0 Å². The molecule has 0 fully saturated rings. The Labute approximate surface area is 213 Å². The van der Waals surface area contributed by atoms with Crippen molar-refractivity contribution in [3.63, 3.8) is 0 Å². The van der Waals surface area contributed by atoms with Crippen molar-refractivity contribution >= 4 is 17.4 Å². The average molecular weight is 489 g/mol. The van der Waals surface area contributed by atoms with E-state index < -0.39 is 0 Å². The zero-order valence-electron chi connectivity index (χ0n) is 19.8. The lowest BCUT2D eigenvalue weighted by Crippen LogP contribution is -2.04. The van der Waals surface area contributed by atoms with Gasteiger partial charge in [-0.2, -0.15) is 0 Å². The first-order valence-corrected chi connectivity index (χ1v) is 12.8. The number of aromatic nitrogens is 6. The zero-order chi connectivity index (χ0) is 24.3. The van der Waals surface area contributed by atoms with E-state index in [4.69, 9.17) is 4.98 Å². The van der Waals surface area contributed by atoms with Crippen molar-refractivity contribution in [3.8, 4) is 22.6 Å². The summed E-state index contributed by atoms with van der Waals surface area (Å²) in [7, 11) is 0. The highest BCUT2D eigenvalue weighted by Crippen LogP contribution is 2.32. The van der Waals surface area contributed by atoms with E-state index in [9.17, 15) is 0 Å². The van der Waals surface area contributed by atoms with E-state index >= 15 is 0 Å². The molecule has 4 aromatic heterocycles.